The molecule has 2 saturated heterocycles. The third-order valence-electron chi connectivity index (χ3n) is 9.73. The lowest BCUT2D eigenvalue weighted by Crippen LogP contribution is -2.42. The van der Waals surface area contributed by atoms with Crippen LogP contribution < -0.4 is 14.2 Å². The molecule has 3 heterocycles. The number of Topliss-reactive ketones (excluding diaryl/α,β-unsaturated/α-hetero) is 1. The number of rotatable bonds is 12. The maximum atomic E-state index is 15.0. The summed E-state index contributed by atoms with van der Waals surface area (Å²) >= 11 is 0. The first-order chi connectivity index (χ1) is 22.7. The molecule has 9 nitrogen and oxygen atoms in total. The van der Waals surface area contributed by atoms with Crippen LogP contribution in [0.15, 0.2) is 54.6 Å². The Balaban J connectivity index is 1.16. The van der Waals surface area contributed by atoms with Crippen LogP contribution in [0.25, 0.3) is 11.0 Å². The predicted octanol–water partition coefficient (Wildman–Crippen LogP) is 5.81. The summed E-state index contributed by atoms with van der Waals surface area (Å²) in [7, 11) is 4.62. The van der Waals surface area contributed by atoms with E-state index in [2.05, 4.69) is 14.9 Å². The molecule has 1 unspecified atom stereocenters. The van der Waals surface area contributed by atoms with Gasteiger partial charge in [-0.3, -0.25) is 9.59 Å². The number of methoxy groups -OCH3 is 3. The molecule has 3 aromatic carbocycles. The number of hydrogen-bond donors (Lipinski definition) is 1. The Bertz CT molecular complexity index is 1710. The Morgan fingerprint density at radius 1 is 0.979 bits per heavy atom. The number of amides is 1. The summed E-state index contributed by atoms with van der Waals surface area (Å²) in [5.41, 5.74) is 1.89. The third kappa shape index (κ3) is 6.67. The fraction of sp³-hybridized carbons (Fsp3) is 0.417. The van der Waals surface area contributed by atoms with E-state index in [1.54, 1.807) is 19.1 Å². The van der Waals surface area contributed by atoms with Crippen LogP contribution in [0.4, 0.5) is 8.78 Å². The third-order valence-corrected chi connectivity index (χ3v) is 9.73. The minimum Gasteiger partial charge on any atom is -0.493 e. The molecule has 2 fully saturated rings. The van der Waals surface area contributed by atoms with Crippen molar-refractivity contribution in [3.63, 3.8) is 0 Å². The molecule has 11 heteroatoms. The molecule has 1 aromatic heterocycles. The Labute approximate surface area is 272 Å². The summed E-state index contributed by atoms with van der Waals surface area (Å²) in [6, 6.07) is 14.8. The first-order valence-corrected chi connectivity index (χ1v) is 16.0. The Morgan fingerprint density at radius 2 is 1.70 bits per heavy atom. The number of carbonyl (C=O) groups excluding carboxylic acids is 2. The molecule has 1 atom stereocenters. The van der Waals surface area contributed by atoms with Crippen molar-refractivity contribution in [3.8, 4) is 17.2 Å². The Kier molecular flexibility index (Phi) is 9.45. The van der Waals surface area contributed by atoms with Gasteiger partial charge < -0.3 is 29.0 Å². The van der Waals surface area contributed by atoms with Gasteiger partial charge in [-0.2, -0.15) is 0 Å². The number of piperidine rings is 1. The van der Waals surface area contributed by atoms with Gasteiger partial charge in [-0.05, 0) is 93.2 Å². The molecule has 4 aromatic rings. The average molecular weight is 647 g/mol. The van der Waals surface area contributed by atoms with Crippen LogP contribution in [0.1, 0.15) is 47.4 Å². The van der Waals surface area contributed by atoms with Crippen LogP contribution in [-0.4, -0.2) is 79.0 Å². The van der Waals surface area contributed by atoms with Crippen molar-refractivity contribution in [3.05, 3.63) is 83.2 Å². The molecule has 47 heavy (non-hydrogen) atoms. The van der Waals surface area contributed by atoms with Crippen molar-refractivity contribution in [2.24, 2.45) is 11.3 Å². The molecule has 2 aliphatic heterocycles. The zero-order valence-corrected chi connectivity index (χ0v) is 27.0. The first-order valence-electron chi connectivity index (χ1n) is 16.0. The molecule has 0 saturated carbocycles. The van der Waals surface area contributed by atoms with Gasteiger partial charge in [-0.25, -0.2) is 13.8 Å². The summed E-state index contributed by atoms with van der Waals surface area (Å²) < 4.78 is 45.2. The monoisotopic (exact) mass is 646 g/mol. The van der Waals surface area contributed by atoms with Gasteiger partial charge >= 0.3 is 0 Å². The number of halogens is 2. The maximum Gasteiger partial charge on any atom is 0.229 e. The number of para-hydroxylation sites is 2. The number of aromatic amines is 1. The SMILES string of the molecule is COc1cc(CN2CCC(CCN3CCC(C(=O)c4nc5ccccc5[nH]4)CC3)(Cc3ccc(F)cc3F)C2=O)cc(OC)c1OC. The van der Waals surface area contributed by atoms with Gasteiger partial charge in [0.1, 0.15) is 11.6 Å². The van der Waals surface area contributed by atoms with Crippen LogP contribution in [0.3, 0.4) is 0 Å². The topological polar surface area (TPSA) is 97.0 Å². The largest absolute Gasteiger partial charge is 0.493 e. The minimum atomic E-state index is -0.861. The molecule has 2 aliphatic rings. The lowest BCUT2D eigenvalue weighted by molar-refractivity contribution is -0.137. The molecule has 0 bridgehead atoms. The number of likely N-dealkylation sites (tertiary alicyclic amines) is 2. The summed E-state index contributed by atoms with van der Waals surface area (Å²) in [6.07, 6.45) is 2.60. The van der Waals surface area contributed by atoms with Gasteiger partial charge in [-0.1, -0.05) is 18.2 Å². The molecule has 1 amide bonds. The second kappa shape index (κ2) is 13.7. The van der Waals surface area contributed by atoms with Crippen LogP contribution >= 0.6 is 0 Å². The van der Waals surface area contributed by atoms with Gasteiger partial charge in [0.05, 0.1) is 37.8 Å². The van der Waals surface area contributed by atoms with Crippen molar-refractivity contribution in [2.45, 2.75) is 38.6 Å². The predicted molar refractivity (Wildman–Crippen MR) is 173 cm³/mol. The quantitative estimate of drug-likeness (QED) is 0.194. The molecule has 0 radical (unpaired) electrons. The number of nitrogens with zero attached hydrogens (tertiary/aromatic N) is 3. The normalized spacial score (nSPS) is 19.0. The number of hydrogen-bond acceptors (Lipinski definition) is 7. The van der Waals surface area contributed by atoms with Crippen molar-refractivity contribution in [1.29, 1.82) is 0 Å². The van der Waals surface area contributed by atoms with E-state index in [1.165, 1.54) is 19.2 Å². The van der Waals surface area contributed by atoms with E-state index in [4.69, 9.17) is 14.2 Å². The van der Waals surface area contributed by atoms with Crippen LogP contribution in [0.2, 0.25) is 0 Å². The van der Waals surface area contributed by atoms with Gasteiger partial charge in [0, 0.05) is 25.1 Å². The van der Waals surface area contributed by atoms with Crippen molar-refractivity contribution >= 4 is 22.7 Å². The highest BCUT2D eigenvalue weighted by Crippen LogP contribution is 2.42. The highest BCUT2D eigenvalue weighted by molar-refractivity contribution is 5.97. The summed E-state index contributed by atoms with van der Waals surface area (Å²) in [5, 5.41) is 0. The second-order valence-corrected chi connectivity index (χ2v) is 12.5. The highest BCUT2D eigenvalue weighted by atomic mass is 19.1. The number of ketones is 1. The molecule has 0 aliphatic carbocycles. The fourth-order valence-corrected chi connectivity index (χ4v) is 7.06. The molecule has 0 spiro atoms. The van der Waals surface area contributed by atoms with E-state index in [0.717, 1.165) is 22.7 Å². The van der Waals surface area contributed by atoms with Gasteiger partial charge in [0.25, 0.3) is 0 Å². The van der Waals surface area contributed by atoms with E-state index in [-0.39, 0.29) is 24.0 Å². The smallest absolute Gasteiger partial charge is 0.229 e. The summed E-state index contributed by atoms with van der Waals surface area (Å²) in [5.74, 6) is 0.390. The molecule has 1 N–H and O–H groups in total. The Hall–Kier alpha value is -4.51. The van der Waals surface area contributed by atoms with Crippen molar-refractivity contribution in [1.82, 2.24) is 19.8 Å². The molecular formula is C36H40F2N4O5. The average Bonchev–Trinajstić information content (AvgIpc) is 3.65. The van der Waals surface area contributed by atoms with E-state index in [9.17, 15) is 18.4 Å². The van der Waals surface area contributed by atoms with Crippen LogP contribution in [0, 0.1) is 23.0 Å². The second-order valence-electron chi connectivity index (χ2n) is 12.5. The lowest BCUT2D eigenvalue weighted by atomic mass is 9.76. The van der Waals surface area contributed by atoms with Gasteiger partial charge in [0.2, 0.25) is 17.4 Å². The van der Waals surface area contributed by atoms with E-state index in [0.29, 0.717) is 87.0 Å². The van der Waals surface area contributed by atoms with Gasteiger partial charge in [-0.15, -0.1) is 0 Å². The van der Waals surface area contributed by atoms with E-state index >= 15 is 0 Å². The lowest BCUT2D eigenvalue weighted by Gasteiger charge is -2.35. The van der Waals surface area contributed by atoms with Crippen molar-refractivity contribution < 1.29 is 32.6 Å². The Morgan fingerprint density at radius 3 is 2.36 bits per heavy atom. The van der Waals surface area contributed by atoms with Gasteiger partial charge in [0.15, 0.2) is 17.3 Å². The van der Waals surface area contributed by atoms with Crippen LogP contribution in [-0.2, 0) is 17.8 Å². The standard InChI is InChI=1S/C36H40F2N4O5/c1-45-30-18-23(19-31(46-2)33(30)47-3)22-42-17-13-36(35(42)44,21-25-8-9-26(37)20-27(25)38)12-16-41-14-10-24(11-15-41)32(43)34-39-28-6-4-5-7-29(28)40-34/h4-9,18-20,24H,10-17,21-22H2,1-3H3,(H,39,40). The number of imidazole rings is 1. The van der Waals surface area contributed by atoms with E-state index < -0.39 is 17.0 Å². The molecule has 248 valence electrons. The number of carbonyl (C=O) groups is 2. The summed E-state index contributed by atoms with van der Waals surface area (Å²) in [6.45, 7) is 2.85. The van der Waals surface area contributed by atoms with E-state index in [1.807, 2.05) is 36.4 Å². The molecular weight excluding hydrogens is 606 g/mol. The number of ether oxygens (including phenoxy) is 3. The fourth-order valence-electron chi connectivity index (χ4n) is 7.06. The number of nitrogens with one attached hydrogen (secondary N) is 1. The highest BCUT2D eigenvalue weighted by Gasteiger charge is 2.47. The number of benzene rings is 3. The maximum absolute atomic E-state index is 15.0. The molecule has 6 rings (SSSR count). The number of fused-ring (bicyclic) bond motifs is 1. The zero-order valence-electron chi connectivity index (χ0n) is 27.0. The van der Waals surface area contributed by atoms with Crippen molar-refractivity contribution in [2.75, 3.05) is 47.5 Å². The van der Waals surface area contributed by atoms with Crippen LogP contribution in [0.5, 0.6) is 17.2 Å². The summed E-state index contributed by atoms with van der Waals surface area (Å²) in [4.78, 5) is 39.2. The number of aromatic nitrogens is 2. The zero-order chi connectivity index (χ0) is 33.1. The number of H-pyrrole nitrogens is 1. The first kappa shape index (κ1) is 32.4. The minimum absolute atomic E-state index is 0.0255.